The van der Waals surface area contributed by atoms with Gasteiger partial charge in [0.15, 0.2) is 0 Å². The summed E-state index contributed by atoms with van der Waals surface area (Å²) in [6, 6.07) is 7.35. The first kappa shape index (κ1) is 29.1. The standard InChI is InChI=1S/C24H30O8.C2H6/c1-6-19-13-21(31-17(5)25)32-20(19)15-30-24(22(26)28-7-2,23(27)29-8-3)14-18-11-9-16(4)10-12-18;1-2/h1,9-12,19-21H,7-8,13-15H2,2-5H3;1-2H3. The molecule has 1 aromatic carbocycles. The van der Waals surface area contributed by atoms with Crippen LogP contribution in [0.2, 0.25) is 0 Å². The Bertz CT molecular complexity index is 821. The fraction of sp³-hybridized carbons (Fsp3) is 0.577. The van der Waals surface area contributed by atoms with E-state index in [1.807, 2.05) is 32.9 Å². The number of aryl methyl sites for hydroxylation is 1. The largest absolute Gasteiger partial charge is 0.463 e. The molecule has 1 aliphatic heterocycles. The maximum absolute atomic E-state index is 13.0. The molecule has 0 aromatic heterocycles. The molecular weight excluding hydrogens is 440 g/mol. The van der Waals surface area contributed by atoms with Gasteiger partial charge in [-0.1, -0.05) is 43.7 Å². The first-order valence-corrected chi connectivity index (χ1v) is 11.6. The highest BCUT2D eigenvalue weighted by Gasteiger charge is 2.52. The van der Waals surface area contributed by atoms with Gasteiger partial charge in [-0.05, 0) is 26.3 Å². The average molecular weight is 477 g/mol. The second kappa shape index (κ2) is 14.4. The van der Waals surface area contributed by atoms with E-state index in [0.717, 1.165) is 5.56 Å². The van der Waals surface area contributed by atoms with E-state index >= 15 is 0 Å². The molecule has 0 bridgehead atoms. The van der Waals surface area contributed by atoms with E-state index in [1.54, 1.807) is 26.0 Å². The van der Waals surface area contributed by atoms with Gasteiger partial charge in [0.1, 0.15) is 0 Å². The van der Waals surface area contributed by atoms with Crippen molar-refractivity contribution in [2.75, 3.05) is 19.8 Å². The molecule has 0 spiro atoms. The molecule has 0 saturated carbocycles. The van der Waals surface area contributed by atoms with E-state index in [0.29, 0.717) is 5.56 Å². The Kier molecular flexibility index (Phi) is 12.3. The van der Waals surface area contributed by atoms with Crippen LogP contribution in [0.3, 0.4) is 0 Å². The lowest BCUT2D eigenvalue weighted by molar-refractivity contribution is -0.200. The first-order valence-electron chi connectivity index (χ1n) is 11.6. The maximum atomic E-state index is 13.0. The predicted octanol–water partition coefficient (Wildman–Crippen LogP) is 3.37. The van der Waals surface area contributed by atoms with Gasteiger partial charge in [-0.25, -0.2) is 9.59 Å². The van der Waals surface area contributed by atoms with Gasteiger partial charge in [0.2, 0.25) is 6.29 Å². The summed E-state index contributed by atoms with van der Waals surface area (Å²) < 4.78 is 27.1. The molecule has 8 heteroatoms. The van der Waals surface area contributed by atoms with E-state index in [1.165, 1.54) is 6.92 Å². The average Bonchev–Trinajstić information content (AvgIpc) is 3.20. The van der Waals surface area contributed by atoms with Gasteiger partial charge in [0.05, 0.1) is 31.8 Å². The zero-order valence-corrected chi connectivity index (χ0v) is 20.9. The van der Waals surface area contributed by atoms with Crippen LogP contribution in [0, 0.1) is 25.2 Å². The summed E-state index contributed by atoms with van der Waals surface area (Å²) in [6.07, 6.45) is 4.28. The Morgan fingerprint density at radius 3 is 2.12 bits per heavy atom. The van der Waals surface area contributed by atoms with Gasteiger partial charge < -0.3 is 23.7 Å². The van der Waals surface area contributed by atoms with Crippen molar-refractivity contribution in [2.45, 2.75) is 72.4 Å². The molecule has 1 heterocycles. The van der Waals surface area contributed by atoms with Crippen molar-refractivity contribution in [3.8, 4) is 12.3 Å². The van der Waals surface area contributed by atoms with Crippen LogP contribution >= 0.6 is 0 Å². The molecule has 188 valence electrons. The molecule has 1 aliphatic rings. The molecule has 34 heavy (non-hydrogen) atoms. The number of ether oxygens (including phenoxy) is 5. The lowest BCUT2D eigenvalue weighted by Crippen LogP contribution is -2.54. The van der Waals surface area contributed by atoms with Crippen LogP contribution in [0.4, 0.5) is 0 Å². The Balaban J connectivity index is 0.00000281. The number of carbonyl (C=O) groups is 3. The monoisotopic (exact) mass is 476 g/mol. The van der Waals surface area contributed by atoms with Gasteiger partial charge in [0, 0.05) is 19.8 Å². The fourth-order valence-corrected chi connectivity index (χ4v) is 3.41. The van der Waals surface area contributed by atoms with Gasteiger partial charge >= 0.3 is 17.9 Å². The molecule has 8 nitrogen and oxygen atoms in total. The molecule has 1 fully saturated rings. The third kappa shape index (κ3) is 7.86. The van der Waals surface area contributed by atoms with Gasteiger partial charge in [-0.3, -0.25) is 4.79 Å². The molecule has 2 rings (SSSR count). The molecule has 0 N–H and O–H groups in total. The summed E-state index contributed by atoms with van der Waals surface area (Å²) >= 11 is 0. The van der Waals surface area contributed by atoms with Crippen LogP contribution in [0.15, 0.2) is 24.3 Å². The number of hydrogen-bond donors (Lipinski definition) is 0. The number of esters is 3. The van der Waals surface area contributed by atoms with Gasteiger partial charge in [-0.2, -0.15) is 0 Å². The Morgan fingerprint density at radius 1 is 1.09 bits per heavy atom. The van der Waals surface area contributed by atoms with Crippen LogP contribution in [-0.4, -0.2) is 55.7 Å². The van der Waals surface area contributed by atoms with Crippen LogP contribution in [-0.2, 0) is 44.5 Å². The summed E-state index contributed by atoms with van der Waals surface area (Å²) in [4.78, 5) is 37.3. The van der Waals surface area contributed by atoms with Crippen LogP contribution in [0.25, 0.3) is 0 Å². The SMILES string of the molecule is C#CC1CC(OC(C)=O)OC1COC(Cc1ccc(C)cc1)(C(=O)OCC)C(=O)OCC.CC. The van der Waals surface area contributed by atoms with E-state index in [-0.39, 0.29) is 32.7 Å². The quantitative estimate of drug-likeness (QED) is 0.219. The molecule has 0 amide bonds. The fourth-order valence-electron chi connectivity index (χ4n) is 3.41. The molecule has 0 radical (unpaired) electrons. The molecule has 3 unspecified atom stereocenters. The zero-order chi connectivity index (χ0) is 25.7. The molecule has 1 aromatic rings. The third-order valence-electron chi connectivity index (χ3n) is 5.01. The maximum Gasteiger partial charge on any atom is 0.350 e. The van der Waals surface area contributed by atoms with Crippen molar-refractivity contribution in [1.29, 1.82) is 0 Å². The van der Waals surface area contributed by atoms with Gasteiger partial charge in [0.25, 0.3) is 5.60 Å². The smallest absolute Gasteiger partial charge is 0.350 e. The third-order valence-corrected chi connectivity index (χ3v) is 5.01. The first-order chi connectivity index (χ1) is 16.2. The number of benzene rings is 1. The van der Waals surface area contributed by atoms with E-state index in [4.69, 9.17) is 30.1 Å². The van der Waals surface area contributed by atoms with E-state index < -0.39 is 41.8 Å². The number of terminal acetylenes is 1. The second-order valence-corrected chi connectivity index (χ2v) is 7.46. The van der Waals surface area contributed by atoms with Gasteiger partial charge in [-0.15, -0.1) is 12.3 Å². The van der Waals surface area contributed by atoms with Crippen LogP contribution < -0.4 is 0 Å². The highest BCUT2D eigenvalue weighted by molar-refractivity contribution is 6.04. The molecule has 0 aliphatic carbocycles. The number of rotatable bonds is 10. The highest BCUT2D eigenvalue weighted by atomic mass is 16.7. The summed E-state index contributed by atoms with van der Waals surface area (Å²) in [5, 5.41) is 0. The lowest BCUT2D eigenvalue weighted by atomic mass is 9.93. The highest BCUT2D eigenvalue weighted by Crippen LogP contribution is 2.30. The van der Waals surface area contributed by atoms with Crippen molar-refractivity contribution < 1.29 is 38.1 Å². The minimum absolute atomic E-state index is 0.0542. The molecular formula is C26H36O8. The van der Waals surface area contributed by atoms with Crippen molar-refractivity contribution in [3.05, 3.63) is 35.4 Å². The molecule has 1 saturated heterocycles. The summed E-state index contributed by atoms with van der Waals surface area (Å²) in [5.41, 5.74) is -0.320. The second-order valence-electron chi connectivity index (χ2n) is 7.46. The number of hydrogen-bond acceptors (Lipinski definition) is 8. The van der Waals surface area contributed by atoms with E-state index in [2.05, 4.69) is 5.92 Å². The summed E-state index contributed by atoms with van der Waals surface area (Å²) in [6.45, 7) is 10.4. The van der Waals surface area contributed by atoms with Crippen molar-refractivity contribution >= 4 is 17.9 Å². The van der Waals surface area contributed by atoms with Crippen LogP contribution in [0.5, 0.6) is 0 Å². The van der Waals surface area contributed by atoms with Crippen molar-refractivity contribution in [1.82, 2.24) is 0 Å². The Labute approximate surface area is 202 Å². The predicted molar refractivity (Wildman–Crippen MR) is 126 cm³/mol. The van der Waals surface area contributed by atoms with Crippen LogP contribution in [0.1, 0.15) is 52.2 Å². The Hall–Kier alpha value is -2.89. The minimum atomic E-state index is -2.04. The molecule has 3 atom stereocenters. The van der Waals surface area contributed by atoms with E-state index in [9.17, 15) is 14.4 Å². The zero-order valence-electron chi connectivity index (χ0n) is 20.9. The Morgan fingerprint density at radius 2 is 1.65 bits per heavy atom. The minimum Gasteiger partial charge on any atom is -0.463 e. The normalized spacial score (nSPS) is 19.3. The van der Waals surface area contributed by atoms with Crippen molar-refractivity contribution in [3.63, 3.8) is 0 Å². The lowest BCUT2D eigenvalue weighted by Gasteiger charge is -2.31. The summed E-state index contributed by atoms with van der Waals surface area (Å²) in [5.74, 6) is -0.0526. The number of carbonyl (C=O) groups excluding carboxylic acids is 3. The topological polar surface area (TPSA) is 97.4 Å². The van der Waals surface area contributed by atoms with Crippen molar-refractivity contribution in [2.24, 2.45) is 5.92 Å². The summed E-state index contributed by atoms with van der Waals surface area (Å²) in [7, 11) is 0.